The zero-order valence-electron chi connectivity index (χ0n) is 15.7. The van der Waals surface area contributed by atoms with Gasteiger partial charge in [-0.25, -0.2) is 8.42 Å². The zero-order valence-corrected chi connectivity index (χ0v) is 17.3. The van der Waals surface area contributed by atoms with Gasteiger partial charge in [-0.05, 0) is 57.2 Å². The first-order valence-corrected chi connectivity index (χ1v) is 11.3. The lowest BCUT2D eigenvalue weighted by molar-refractivity contribution is 0.0644. The first-order chi connectivity index (χ1) is 12.3. The normalized spacial score (nSPS) is 21.8. The van der Waals surface area contributed by atoms with Gasteiger partial charge >= 0.3 is 0 Å². The summed E-state index contributed by atoms with van der Waals surface area (Å²) in [6.07, 6.45) is 2.31. The second-order valence-electron chi connectivity index (χ2n) is 7.48. The molecule has 1 aromatic heterocycles. The fourth-order valence-corrected chi connectivity index (χ4v) is 7.03. The number of rotatable bonds is 5. The van der Waals surface area contributed by atoms with E-state index in [0.717, 1.165) is 22.6 Å². The largest absolute Gasteiger partial charge is 0.396 e. The summed E-state index contributed by atoms with van der Waals surface area (Å²) < 4.78 is 28.0. The van der Waals surface area contributed by atoms with Gasteiger partial charge in [0, 0.05) is 28.3 Å². The number of sulfonamides is 1. The van der Waals surface area contributed by atoms with Gasteiger partial charge in [-0.2, -0.15) is 4.31 Å². The van der Waals surface area contributed by atoms with Crippen molar-refractivity contribution in [2.75, 3.05) is 19.7 Å². The molecule has 1 aromatic carbocycles. The molecule has 4 nitrogen and oxygen atoms in total. The predicted octanol–water partition coefficient (Wildman–Crippen LogP) is 3.68. The topological polar surface area (TPSA) is 57.6 Å². The molecule has 1 aliphatic rings. The molecule has 1 fully saturated rings. The van der Waals surface area contributed by atoms with Crippen molar-refractivity contribution in [3.8, 4) is 0 Å². The van der Waals surface area contributed by atoms with Crippen molar-refractivity contribution in [1.82, 2.24) is 4.31 Å². The van der Waals surface area contributed by atoms with E-state index in [2.05, 4.69) is 19.1 Å². The fraction of sp³-hybridized carbons (Fsp3) is 0.500. The molecule has 1 N–H and O–H groups in total. The van der Waals surface area contributed by atoms with Crippen LogP contribution in [0.3, 0.4) is 0 Å². The number of benzene rings is 1. The second-order valence-corrected chi connectivity index (χ2v) is 10.8. The first kappa shape index (κ1) is 19.5. The van der Waals surface area contributed by atoms with Crippen LogP contribution in [-0.2, 0) is 16.4 Å². The number of piperidine rings is 1. The average Bonchev–Trinajstić information content (AvgIpc) is 2.96. The Morgan fingerprint density at radius 1 is 1.23 bits per heavy atom. The Morgan fingerprint density at radius 3 is 2.58 bits per heavy atom. The number of aliphatic hydroxyl groups is 1. The van der Waals surface area contributed by atoms with E-state index in [0.29, 0.717) is 24.4 Å². The molecule has 6 heteroatoms. The molecular weight excluding hydrogens is 366 g/mol. The highest BCUT2D eigenvalue weighted by atomic mass is 32.2. The highest BCUT2D eigenvalue weighted by molar-refractivity contribution is 7.89. The highest BCUT2D eigenvalue weighted by Gasteiger charge is 2.40. The maximum absolute atomic E-state index is 13.2. The van der Waals surface area contributed by atoms with Crippen LogP contribution >= 0.6 is 11.3 Å². The molecule has 0 spiro atoms. The monoisotopic (exact) mass is 393 g/mol. The summed E-state index contributed by atoms with van der Waals surface area (Å²) >= 11 is 1.52. The summed E-state index contributed by atoms with van der Waals surface area (Å²) in [6, 6.07) is 9.92. The number of nitrogens with zero attached hydrogens (tertiary/aromatic N) is 1. The van der Waals surface area contributed by atoms with Gasteiger partial charge in [-0.1, -0.05) is 24.3 Å². The van der Waals surface area contributed by atoms with Crippen molar-refractivity contribution in [3.05, 3.63) is 51.2 Å². The fourth-order valence-electron chi connectivity index (χ4n) is 3.91. The standard InChI is InChI=1S/C20H27NO3S2/c1-15-7-4-5-8-18(15)12-20(14-22)9-6-10-21(13-20)26(23,24)19-11-16(2)25-17(19)3/h4-5,7-8,11,22H,6,9-10,12-14H2,1-3H3. The van der Waals surface area contributed by atoms with Crippen molar-refractivity contribution in [3.63, 3.8) is 0 Å². The van der Waals surface area contributed by atoms with E-state index in [9.17, 15) is 13.5 Å². The van der Waals surface area contributed by atoms with Crippen LogP contribution in [0.25, 0.3) is 0 Å². The SMILES string of the molecule is Cc1cc(S(=O)(=O)N2CCCC(CO)(Cc3ccccc3C)C2)c(C)s1. The van der Waals surface area contributed by atoms with Gasteiger partial charge in [0.2, 0.25) is 10.0 Å². The van der Waals surface area contributed by atoms with Crippen molar-refractivity contribution < 1.29 is 13.5 Å². The van der Waals surface area contributed by atoms with E-state index >= 15 is 0 Å². The molecule has 1 unspecified atom stereocenters. The molecule has 1 aliphatic heterocycles. The summed E-state index contributed by atoms with van der Waals surface area (Å²) in [7, 11) is -3.52. The Bertz CT molecular complexity index is 888. The molecule has 2 aromatic rings. The minimum Gasteiger partial charge on any atom is -0.396 e. The highest BCUT2D eigenvalue weighted by Crippen LogP contribution is 2.37. The molecule has 26 heavy (non-hydrogen) atoms. The Balaban J connectivity index is 1.89. The third-order valence-corrected chi connectivity index (χ3v) is 8.47. The van der Waals surface area contributed by atoms with Gasteiger partial charge in [-0.15, -0.1) is 11.3 Å². The first-order valence-electron chi connectivity index (χ1n) is 9.00. The Labute approximate surface area is 160 Å². The molecular formula is C20H27NO3S2. The van der Waals surface area contributed by atoms with Gasteiger partial charge in [0.05, 0.1) is 11.5 Å². The van der Waals surface area contributed by atoms with Crippen molar-refractivity contribution in [2.24, 2.45) is 5.41 Å². The van der Waals surface area contributed by atoms with Crippen LogP contribution in [-0.4, -0.2) is 37.5 Å². The lowest BCUT2D eigenvalue weighted by atomic mass is 9.76. The summed E-state index contributed by atoms with van der Waals surface area (Å²) in [4.78, 5) is 2.26. The van der Waals surface area contributed by atoms with Crippen LogP contribution in [0.5, 0.6) is 0 Å². The smallest absolute Gasteiger partial charge is 0.244 e. The quantitative estimate of drug-likeness (QED) is 0.843. The molecule has 1 saturated heterocycles. The van der Waals surface area contributed by atoms with Gasteiger partial charge in [0.1, 0.15) is 0 Å². The van der Waals surface area contributed by atoms with Crippen LogP contribution in [0.4, 0.5) is 0 Å². The molecule has 2 heterocycles. The molecule has 0 aliphatic carbocycles. The van der Waals surface area contributed by atoms with Gasteiger partial charge in [0.25, 0.3) is 0 Å². The number of aliphatic hydroxyl groups excluding tert-OH is 1. The van der Waals surface area contributed by atoms with Crippen molar-refractivity contribution in [1.29, 1.82) is 0 Å². The van der Waals surface area contributed by atoms with E-state index in [-0.39, 0.29) is 6.61 Å². The van der Waals surface area contributed by atoms with E-state index in [4.69, 9.17) is 0 Å². The van der Waals surface area contributed by atoms with Gasteiger partial charge < -0.3 is 5.11 Å². The van der Waals surface area contributed by atoms with E-state index in [1.54, 1.807) is 10.4 Å². The van der Waals surface area contributed by atoms with Crippen molar-refractivity contribution >= 4 is 21.4 Å². The zero-order chi connectivity index (χ0) is 18.9. The Morgan fingerprint density at radius 2 is 1.96 bits per heavy atom. The summed E-state index contributed by atoms with van der Waals surface area (Å²) in [6.45, 7) is 6.75. The Hall–Kier alpha value is -1.21. The lowest BCUT2D eigenvalue weighted by Gasteiger charge is -2.41. The van der Waals surface area contributed by atoms with Crippen LogP contribution in [0.1, 0.15) is 33.7 Å². The molecule has 142 valence electrons. The second kappa shape index (κ2) is 7.43. The minimum absolute atomic E-state index is 0.00496. The van der Waals surface area contributed by atoms with E-state index < -0.39 is 15.4 Å². The van der Waals surface area contributed by atoms with Crippen molar-refractivity contribution in [2.45, 2.75) is 44.9 Å². The summed E-state index contributed by atoms with van der Waals surface area (Å²) in [5.41, 5.74) is 1.95. The summed E-state index contributed by atoms with van der Waals surface area (Å²) in [5.74, 6) is 0. The van der Waals surface area contributed by atoms with E-state index in [1.807, 2.05) is 26.0 Å². The van der Waals surface area contributed by atoms with Crippen LogP contribution < -0.4 is 0 Å². The predicted molar refractivity (Wildman–Crippen MR) is 106 cm³/mol. The Kier molecular flexibility index (Phi) is 5.58. The summed E-state index contributed by atoms with van der Waals surface area (Å²) in [5, 5.41) is 10.2. The maximum Gasteiger partial charge on any atom is 0.244 e. The third-order valence-electron chi connectivity index (χ3n) is 5.40. The molecule has 0 amide bonds. The number of thiophene rings is 1. The molecule has 0 radical (unpaired) electrons. The average molecular weight is 394 g/mol. The number of hydrogen-bond donors (Lipinski definition) is 1. The lowest BCUT2D eigenvalue weighted by Crippen LogP contribution is -2.49. The van der Waals surface area contributed by atoms with Gasteiger partial charge in [-0.3, -0.25) is 0 Å². The number of aryl methyl sites for hydroxylation is 3. The van der Waals surface area contributed by atoms with Crippen LogP contribution in [0, 0.1) is 26.2 Å². The van der Waals surface area contributed by atoms with Crippen LogP contribution in [0.15, 0.2) is 35.2 Å². The third kappa shape index (κ3) is 3.74. The molecule has 1 atom stereocenters. The molecule has 0 saturated carbocycles. The number of hydrogen-bond acceptors (Lipinski definition) is 4. The van der Waals surface area contributed by atoms with E-state index in [1.165, 1.54) is 22.5 Å². The van der Waals surface area contributed by atoms with Crippen LogP contribution in [0.2, 0.25) is 0 Å². The minimum atomic E-state index is -3.52. The maximum atomic E-state index is 13.2. The molecule has 0 bridgehead atoms. The van der Waals surface area contributed by atoms with Gasteiger partial charge in [0.15, 0.2) is 0 Å². The molecule has 3 rings (SSSR count).